The maximum absolute atomic E-state index is 13.1. The van der Waals surface area contributed by atoms with Crippen LogP contribution in [-0.2, 0) is 20.5 Å². The number of benzene rings is 1. The Morgan fingerprint density at radius 1 is 1.32 bits per heavy atom. The summed E-state index contributed by atoms with van der Waals surface area (Å²) >= 11 is 0. The fraction of sp³-hybridized carbons (Fsp3) is 0.600. The van der Waals surface area contributed by atoms with Crippen LogP contribution >= 0.6 is 0 Å². The van der Waals surface area contributed by atoms with E-state index >= 15 is 0 Å². The number of morpholine rings is 1. The lowest BCUT2D eigenvalue weighted by Crippen LogP contribution is -2.47. The van der Waals surface area contributed by atoms with Crippen LogP contribution in [0.4, 0.5) is 4.39 Å². The molecule has 0 saturated carbocycles. The highest BCUT2D eigenvalue weighted by molar-refractivity contribution is 7.88. The Bertz CT molecular complexity index is 584. The van der Waals surface area contributed by atoms with E-state index in [1.165, 1.54) is 18.2 Å². The summed E-state index contributed by atoms with van der Waals surface area (Å²) in [5, 5.41) is 0. The molecule has 5 nitrogen and oxygen atoms in total. The molecule has 1 saturated heterocycles. The van der Waals surface area contributed by atoms with Crippen LogP contribution in [0.15, 0.2) is 24.3 Å². The van der Waals surface area contributed by atoms with Gasteiger partial charge in [0, 0.05) is 26.2 Å². The summed E-state index contributed by atoms with van der Waals surface area (Å²) in [6.07, 6.45) is 0.320. The van der Waals surface area contributed by atoms with Crippen LogP contribution in [0.2, 0.25) is 0 Å². The molecule has 1 aromatic rings. The zero-order chi connectivity index (χ0) is 16.2. The monoisotopic (exact) mass is 330 g/mol. The predicted molar refractivity (Wildman–Crippen MR) is 83.5 cm³/mol. The molecule has 1 N–H and O–H groups in total. The molecule has 1 aliphatic heterocycles. The van der Waals surface area contributed by atoms with Crippen molar-refractivity contribution in [1.82, 2.24) is 9.62 Å². The third kappa shape index (κ3) is 5.64. The first kappa shape index (κ1) is 17.3. The molecule has 0 aromatic heterocycles. The minimum absolute atomic E-state index is 0.160. The molecule has 7 heteroatoms. The quantitative estimate of drug-likeness (QED) is 0.855. The van der Waals surface area contributed by atoms with Gasteiger partial charge in [-0.05, 0) is 31.5 Å². The van der Waals surface area contributed by atoms with Crippen molar-refractivity contribution in [2.24, 2.45) is 0 Å². The lowest BCUT2D eigenvalue weighted by molar-refractivity contribution is -0.0671. The normalized spacial score (nSPS) is 23.6. The molecule has 2 rings (SSSR count). The first-order valence-corrected chi connectivity index (χ1v) is 9.09. The first-order chi connectivity index (χ1) is 10.3. The zero-order valence-electron chi connectivity index (χ0n) is 13.0. The highest BCUT2D eigenvalue weighted by atomic mass is 32.2. The minimum atomic E-state index is -3.45. The van der Waals surface area contributed by atoms with Gasteiger partial charge in [-0.2, -0.15) is 0 Å². The van der Waals surface area contributed by atoms with E-state index < -0.39 is 15.8 Å². The average Bonchev–Trinajstić information content (AvgIpc) is 2.36. The second kappa shape index (κ2) is 7.50. The van der Waals surface area contributed by atoms with Gasteiger partial charge in [0.05, 0.1) is 18.0 Å². The molecule has 2 atom stereocenters. The van der Waals surface area contributed by atoms with Crippen molar-refractivity contribution < 1.29 is 17.5 Å². The van der Waals surface area contributed by atoms with Crippen molar-refractivity contribution in [1.29, 1.82) is 0 Å². The van der Waals surface area contributed by atoms with E-state index in [1.807, 2.05) is 13.8 Å². The number of nitrogens with one attached hydrogen (secondary N) is 1. The Balaban J connectivity index is 1.80. The lowest BCUT2D eigenvalue weighted by Gasteiger charge is -2.35. The Labute approximate surface area is 131 Å². The van der Waals surface area contributed by atoms with E-state index in [4.69, 9.17) is 4.74 Å². The Morgan fingerprint density at radius 2 is 2.00 bits per heavy atom. The number of rotatable bonds is 6. The summed E-state index contributed by atoms with van der Waals surface area (Å²) in [6.45, 7) is 6.61. The molecule has 1 fully saturated rings. The molecule has 0 bridgehead atoms. The van der Waals surface area contributed by atoms with Crippen molar-refractivity contribution in [3.05, 3.63) is 35.6 Å². The molecule has 0 unspecified atom stereocenters. The van der Waals surface area contributed by atoms with E-state index in [2.05, 4.69) is 9.62 Å². The zero-order valence-corrected chi connectivity index (χ0v) is 13.8. The van der Waals surface area contributed by atoms with Crippen LogP contribution in [0, 0.1) is 5.82 Å². The lowest BCUT2D eigenvalue weighted by atomic mass is 10.2. The molecule has 0 radical (unpaired) electrons. The van der Waals surface area contributed by atoms with E-state index in [9.17, 15) is 12.8 Å². The SMILES string of the molecule is C[C@@H]1CN(CCNS(=O)(=O)Cc2cccc(F)c2)C[C@@H](C)O1. The van der Waals surface area contributed by atoms with Gasteiger partial charge in [0.1, 0.15) is 5.82 Å². The summed E-state index contributed by atoms with van der Waals surface area (Å²) in [5.74, 6) is -0.635. The van der Waals surface area contributed by atoms with E-state index in [0.717, 1.165) is 13.1 Å². The van der Waals surface area contributed by atoms with Crippen molar-refractivity contribution in [2.75, 3.05) is 26.2 Å². The van der Waals surface area contributed by atoms with Gasteiger partial charge in [-0.1, -0.05) is 12.1 Å². The second-order valence-electron chi connectivity index (χ2n) is 5.80. The summed E-state index contributed by atoms with van der Waals surface area (Å²) in [5.41, 5.74) is 0.445. The fourth-order valence-electron chi connectivity index (χ4n) is 2.72. The Kier molecular flexibility index (Phi) is 5.91. The van der Waals surface area contributed by atoms with E-state index in [-0.39, 0.29) is 18.0 Å². The molecular weight excluding hydrogens is 307 g/mol. The summed E-state index contributed by atoms with van der Waals surface area (Å²) < 4.78 is 45.3. The third-order valence-corrected chi connectivity index (χ3v) is 4.85. The van der Waals surface area contributed by atoms with Gasteiger partial charge in [0.2, 0.25) is 10.0 Å². The molecule has 1 aliphatic rings. The Morgan fingerprint density at radius 3 is 2.64 bits per heavy atom. The van der Waals surface area contributed by atoms with Crippen LogP contribution < -0.4 is 4.72 Å². The largest absolute Gasteiger partial charge is 0.373 e. The standard InChI is InChI=1S/C15H23FN2O3S/c1-12-9-18(10-13(2)21-12)7-6-17-22(19,20)11-14-4-3-5-15(16)8-14/h3-5,8,12-13,17H,6-7,9-11H2,1-2H3/t12-,13-/m1/s1. The number of halogens is 1. The number of hydrogen-bond acceptors (Lipinski definition) is 4. The van der Waals surface area contributed by atoms with Crippen molar-refractivity contribution in [3.63, 3.8) is 0 Å². The molecule has 0 amide bonds. The fourth-order valence-corrected chi connectivity index (χ4v) is 3.85. The van der Waals surface area contributed by atoms with Gasteiger partial charge in [-0.15, -0.1) is 0 Å². The third-order valence-electron chi connectivity index (χ3n) is 3.49. The summed E-state index contributed by atoms with van der Waals surface area (Å²) in [4.78, 5) is 2.18. The maximum atomic E-state index is 13.1. The van der Waals surface area contributed by atoms with Gasteiger partial charge in [0.15, 0.2) is 0 Å². The van der Waals surface area contributed by atoms with Crippen molar-refractivity contribution in [3.8, 4) is 0 Å². The number of ether oxygens (including phenoxy) is 1. The van der Waals surface area contributed by atoms with Crippen LogP contribution in [0.5, 0.6) is 0 Å². The second-order valence-corrected chi connectivity index (χ2v) is 7.61. The van der Waals surface area contributed by atoms with Crippen molar-refractivity contribution >= 4 is 10.0 Å². The van der Waals surface area contributed by atoms with Crippen LogP contribution in [0.3, 0.4) is 0 Å². The number of sulfonamides is 1. The summed E-state index contributed by atoms with van der Waals surface area (Å²) in [6, 6.07) is 5.65. The van der Waals surface area contributed by atoms with Gasteiger partial charge in [0.25, 0.3) is 0 Å². The van der Waals surface area contributed by atoms with Crippen LogP contribution in [0.25, 0.3) is 0 Å². The number of hydrogen-bond donors (Lipinski definition) is 1. The molecule has 1 heterocycles. The highest BCUT2D eigenvalue weighted by Gasteiger charge is 2.22. The van der Waals surface area contributed by atoms with Gasteiger partial charge in [-0.3, -0.25) is 4.90 Å². The predicted octanol–water partition coefficient (Wildman–Crippen LogP) is 1.35. The van der Waals surface area contributed by atoms with Crippen LogP contribution in [-0.4, -0.2) is 51.7 Å². The smallest absolute Gasteiger partial charge is 0.215 e. The number of nitrogens with zero attached hydrogens (tertiary/aromatic N) is 1. The van der Waals surface area contributed by atoms with Gasteiger partial charge >= 0.3 is 0 Å². The van der Waals surface area contributed by atoms with E-state index in [0.29, 0.717) is 18.7 Å². The van der Waals surface area contributed by atoms with Gasteiger partial charge < -0.3 is 4.74 Å². The molecule has 0 spiro atoms. The highest BCUT2D eigenvalue weighted by Crippen LogP contribution is 2.10. The molecule has 1 aromatic carbocycles. The summed E-state index contributed by atoms with van der Waals surface area (Å²) in [7, 11) is -3.45. The molecule has 22 heavy (non-hydrogen) atoms. The Hall–Kier alpha value is -1.02. The first-order valence-electron chi connectivity index (χ1n) is 7.43. The topological polar surface area (TPSA) is 58.6 Å². The average molecular weight is 330 g/mol. The molecular formula is C15H23FN2O3S. The van der Waals surface area contributed by atoms with Gasteiger partial charge in [-0.25, -0.2) is 17.5 Å². The molecule has 124 valence electrons. The van der Waals surface area contributed by atoms with Crippen molar-refractivity contribution in [2.45, 2.75) is 31.8 Å². The van der Waals surface area contributed by atoms with E-state index in [1.54, 1.807) is 6.07 Å². The molecule has 0 aliphatic carbocycles. The minimum Gasteiger partial charge on any atom is -0.373 e. The maximum Gasteiger partial charge on any atom is 0.215 e. The van der Waals surface area contributed by atoms with Crippen LogP contribution in [0.1, 0.15) is 19.4 Å².